The number of methoxy groups -OCH3 is 2. The molecular weight excluding hydrogens is 423 g/mol. The van der Waals surface area contributed by atoms with Gasteiger partial charge in [0.05, 0.1) is 19.9 Å². The van der Waals surface area contributed by atoms with E-state index in [9.17, 15) is 17.6 Å². The molecule has 0 amide bonds. The number of hydrogen-bond donors (Lipinski definition) is 0. The van der Waals surface area contributed by atoms with E-state index in [0.29, 0.717) is 24.3 Å². The molecule has 31 heavy (non-hydrogen) atoms. The van der Waals surface area contributed by atoms with E-state index in [-0.39, 0.29) is 28.1 Å². The smallest absolute Gasteiger partial charge is 0.341 e. The quantitative estimate of drug-likeness (QED) is 0.621. The third-order valence-corrected chi connectivity index (χ3v) is 7.51. The number of anilines is 2. The van der Waals surface area contributed by atoms with Gasteiger partial charge in [-0.05, 0) is 36.8 Å². The van der Waals surface area contributed by atoms with Crippen molar-refractivity contribution in [3.05, 3.63) is 47.8 Å². The topological polar surface area (TPSA) is 76.1 Å². The monoisotopic (exact) mass is 450 g/mol. The Morgan fingerprint density at radius 2 is 1.87 bits per heavy atom. The van der Waals surface area contributed by atoms with Gasteiger partial charge in [0.1, 0.15) is 22.0 Å². The van der Waals surface area contributed by atoms with Crippen molar-refractivity contribution in [2.24, 2.45) is 0 Å². The van der Waals surface area contributed by atoms with E-state index in [0.717, 1.165) is 12.8 Å². The van der Waals surface area contributed by atoms with Crippen LogP contribution in [0.15, 0.2) is 41.3 Å². The van der Waals surface area contributed by atoms with Gasteiger partial charge in [-0.2, -0.15) is 4.31 Å². The molecule has 0 aromatic heterocycles. The second kappa shape index (κ2) is 9.23. The molecule has 3 rings (SSSR count). The fraction of sp³-hybridized carbons (Fsp3) is 0.409. The van der Waals surface area contributed by atoms with E-state index in [4.69, 9.17) is 9.47 Å². The highest BCUT2D eigenvalue weighted by Crippen LogP contribution is 2.41. The molecule has 2 aromatic carbocycles. The van der Waals surface area contributed by atoms with E-state index in [2.05, 4.69) is 0 Å². The minimum atomic E-state index is -3.92. The van der Waals surface area contributed by atoms with Crippen LogP contribution in [0.5, 0.6) is 5.75 Å². The molecule has 0 N–H and O–H groups in total. The first-order valence-electron chi connectivity index (χ1n) is 10.1. The molecule has 1 atom stereocenters. The summed E-state index contributed by atoms with van der Waals surface area (Å²) in [5.41, 5.74) is 1.02. The fourth-order valence-electron chi connectivity index (χ4n) is 3.76. The number of ether oxygens (including phenoxy) is 2. The summed E-state index contributed by atoms with van der Waals surface area (Å²) in [5.74, 6) is -0.884. The predicted octanol–water partition coefficient (Wildman–Crippen LogP) is 3.95. The molecule has 0 saturated carbocycles. The number of esters is 1. The predicted molar refractivity (Wildman–Crippen MR) is 116 cm³/mol. The normalized spacial score (nSPS) is 18.2. The van der Waals surface area contributed by atoms with E-state index in [1.165, 1.54) is 42.8 Å². The van der Waals surface area contributed by atoms with Crippen molar-refractivity contribution in [3.63, 3.8) is 0 Å². The number of halogens is 1. The van der Waals surface area contributed by atoms with Crippen molar-refractivity contribution < 1.29 is 27.1 Å². The number of hydrogen-bond acceptors (Lipinski definition) is 6. The number of benzene rings is 2. The molecular formula is C22H27FN2O5S. The number of likely N-dealkylation sites (N-methyl/N-ethyl adjacent to an activating group) is 1. The Bertz CT molecular complexity index is 1060. The van der Waals surface area contributed by atoms with E-state index in [1.54, 1.807) is 19.2 Å². The minimum absolute atomic E-state index is 0.0202. The summed E-state index contributed by atoms with van der Waals surface area (Å²) in [5, 5.41) is 0. The molecule has 0 saturated heterocycles. The van der Waals surface area contributed by atoms with Gasteiger partial charge in [-0.3, -0.25) is 0 Å². The van der Waals surface area contributed by atoms with Gasteiger partial charge in [0.25, 0.3) is 0 Å². The van der Waals surface area contributed by atoms with Crippen LogP contribution in [0.4, 0.5) is 15.8 Å². The summed E-state index contributed by atoms with van der Waals surface area (Å²) < 4.78 is 52.2. The molecule has 1 unspecified atom stereocenters. The fourth-order valence-corrected chi connectivity index (χ4v) is 5.33. The summed E-state index contributed by atoms with van der Waals surface area (Å²) in [6, 6.07) is 8.39. The Labute approximate surface area is 182 Å². The van der Waals surface area contributed by atoms with Crippen LogP contribution in [0.25, 0.3) is 0 Å². The lowest BCUT2D eigenvalue weighted by Crippen LogP contribution is -2.40. The number of carbonyl (C=O) groups is 1. The van der Waals surface area contributed by atoms with E-state index >= 15 is 0 Å². The molecule has 1 heterocycles. The third kappa shape index (κ3) is 4.38. The zero-order valence-corrected chi connectivity index (χ0v) is 18.9. The van der Waals surface area contributed by atoms with Crippen molar-refractivity contribution in [2.45, 2.75) is 37.1 Å². The zero-order chi connectivity index (χ0) is 22.8. The Hall–Kier alpha value is -2.65. The van der Waals surface area contributed by atoms with Gasteiger partial charge in [0.15, 0.2) is 0 Å². The van der Waals surface area contributed by atoms with Crippen molar-refractivity contribution in [2.75, 3.05) is 32.7 Å². The molecule has 0 aliphatic carbocycles. The summed E-state index contributed by atoms with van der Waals surface area (Å²) in [6.07, 6.45) is 2.45. The van der Waals surface area contributed by atoms with Crippen LogP contribution in [0.3, 0.4) is 0 Å². The molecule has 2 aromatic rings. The van der Waals surface area contributed by atoms with Gasteiger partial charge in [0.2, 0.25) is 10.0 Å². The lowest BCUT2D eigenvalue weighted by molar-refractivity contribution is 0.0597. The first-order valence-corrected chi connectivity index (χ1v) is 11.5. The Kier molecular flexibility index (Phi) is 6.86. The average molecular weight is 451 g/mol. The Morgan fingerprint density at radius 1 is 1.19 bits per heavy atom. The first-order chi connectivity index (χ1) is 14.7. The maximum Gasteiger partial charge on any atom is 0.341 e. The molecule has 0 bridgehead atoms. The molecule has 7 nitrogen and oxygen atoms in total. The molecule has 0 radical (unpaired) electrons. The van der Waals surface area contributed by atoms with Crippen LogP contribution in [-0.4, -0.2) is 52.5 Å². The van der Waals surface area contributed by atoms with Crippen molar-refractivity contribution >= 4 is 27.4 Å². The molecule has 9 heteroatoms. The zero-order valence-electron chi connectivity index (χ0n) is 18.1. The number of sulfonamides is 1. The van der Waals surface area contributed by atoms with Crippen molar-refractivity contribution in [1.29, 1.82) is 0 Å². The Balaban J connectivity index is 2.28. The first kappa shape index (κ1) is 23.0. The number of carbonyl (C=O) groups excluding carboxylic acids is 1. The highest BCUT2D eigenvalue weighted by molar-refractivity contribution is 7.89. The minimum Gasteiger partial charge on any atom is -0.496 e. The van der Waals surface area contributed by atoms with Gasteiger partial charge >= 0.3 is 5.97 Å². The molecule has 168 valence electrons. The average Bonchev–Trinajstić information content (AvgIpc) is 2.85. The van der Waals surface area contributed by atoms with Crippen LogP contribution < -0.4 is 9.64 Å². The number of nitrogens with zero attached hydrogens (tertiary/aromatic N) is 2. The van der Waals surface area contributed by atoms with Crippen LogP contribution in [-0.2, 0) is 14.8 Å². The highest BCUT2D eigenvalue weighted by atomic mass is 32.2. The molecule has 1 aliphatic heterocycles. The van der Waals surface area contributed by atoms with Gasteiger partial charge in [0, 0.05) is 31.4 Å². The van der Waals surface area contributed by atoms with Gasteiger partial charge in [-0.15, -0.1) is 0 Å². The molecule has 1 aliphatic rings. The van der Waals surface area contributed by atoms with Crippen LogP contribution in [0, 0.1) is 5.82 Å². The van der Waals surface area contributed by atoms with Crippen LogP contribution in [0.1, 0.15) is 36.5 Å². The Morgan fingerprint density at radius 3 is 2.45 bits per heavy atom. The summed E-state index contributed by atoms with van der Waals surface area (Å²) in [6.45, 7) is 2.42. The van der Waals surface area contributed by atoms with E-state index in [1.807, 2.05) is 11.8 Å². The van der Waals surface area contributed by atoms with Crippen molar-refractivity contribution in [3.8, 4) is 5.75 Å². The second-order valence-electron chi connectivity index (χ2n) is 7.42. The largest absolute Gasteiger partial charge is 0.496 e. The summed E-state index contributed by atoms with van der Waals surface area (Å²) in [4.78, 5) is 14.1. The van der Waals surface area contributed by atoms with Crippen molar-refractivity contribution in [1.82, 2.24) is 4.31 Å². The lowest BCUT2D eigenvalue weighted by atomic mass is 10.1. The number of unbranched alkanes of at least 4 members (excludes halogenated alkanes) is 1. The number of rotatable bonds is 6. The number of fused-ring (bicyclic) bond motifs is 1. The standard InChI is InChI=1S/C22H27FN2O5S/c1-5-6-7-17-14-25(16-10-8-15(23)9-11-16)19-13-20(29-3)18(22(26)30-4)12-21(19)31(27,28)24(17)2/h8-13,17H,5-7,14H2,1-4H3. The van der Waals surface area contributed by atoms with Gasteiger partial charge in [-0.1, -0.05) is 19.8 Å². The molecule has 0 fully saturated rings. The van der Waals surface area contributed by atoms with Crippen LogP contribution >= 0.6 is 0 Å². The lowest BCUT2D eigenvalue weighted by Gasteiger charge is -2.29. The third-order valence-electron chi connectivity index (χ3n) is 5.57. The molecule has 0 spiro atoms. The SMILES string of the molecule is CCCCC1CN(c2ccc(F)cc2)c2cc(OC)c(C(=O)OC)cc2S(=O)(=O)N1C. The summed E-state index contributed by atoms with van der Waals surface area (Å²) >= 11 is 0. The second-order valence-corrected chi connectivity index (χ2v) is 9.38. The summed E-state index contributed by atoms with van der Waals surface area (Å²) in [7, 11) is 0.253. The maximum absolute atomic E-state index is 13.6. The van der Waals surface area contributed by atoms with Gasteiger partial charge < -0.3 is 14.4 Å². The van der Waals surface area contributed by atoms with E-state index < -0.39 is 16.0 Å². The van der Waals surface area contributed by atoms with Crippen LogP contribution in [0.2, 0.25) is 0 Å². The van der Waals surface area contributed by atoms with Gasteiger partial charge in [-0.25, -0.2) is 17.6 Å². The maximum atomic E-state index is 13.6. The highest BCUT2D eigenvalue weighted by Gasteiger charge is 2.38.